The molecule has 0 aromatic heterocycles. The Morgan fingerprint density at radius 2 is 1.73 bits per heavy atom. The second kappa shape index (κ2) is 8.06. The zero-order chi connectivity index (χ0) is 18.7. The predicted molar refractivity (Wildman–Crippen MR) is 99.3 cm³/mol. The van der Waals surface area contributed by atoms with E-state index in [1.54, 1.807) is 29.4 Å². The molecule has 1 aromatic carbocycles. The standard InChI is InChI=1S/C19H28N2O4S/c1-15-4-3-5-19(14-15)26(23,24)20-10-6-17(7-11-20)21(16(2)22)18-8-12-25-13-9-18/h3-5,14,17-18H,6-13H2,1-2H3. The Hall–Kier alpha value is -1.44. The highest BCUT2D eigenvalue weighted by atomic mass is 32.2. The summed E-state index contributed by atoms with van der Waals surface area (Å²) in [5.74, 6) is 0.0805. The van der Waals surface area contributed by atoms with Crippen LogP contribution in [0.1, 0.15) is 38.2 Å². The van der Waals surface area contributed by atoms with Crippen LogP contribution in [0.5, 0.6) is 0 Å². The number of carbonyl (C=O) groups excluding carboxylic acids is 1. The lowest BCUT2D eigenvalue weighted by Crippen LogP contribution is -2.53. The molecule has 2 aliphatic heterocycles. The van der Waals surface area contributed by atoms with E-state index in [1.807, 2.05) is 17.9 Å². The van der Waals surface area contributed by atoms with Gasteiger partial charge >= 0.3 is 0 Å². The quantitative estimate of drug-likeness (QED) is 0.803. The van der Waals surface area contributed by atoms with Crippen LogP contribution in [0.3, 0.4) is 0 Å². The molecular weight excluding hydrogens is 352 g/mol. The Morgan fingerprint density at radius 1 is 1.12 bits per heavy atom. The highest BCUT2D eigenvalue weighted by Gasteiger charge is 2.35. The molecule has 0 aliphatic carbocycles. The topological polar surface area (TPSA) is 66.9 Å². The molecule has 1 amide bonds. The first kappa shape index (κ1) is 19.3. The average molecular weight is 381 g/mol. The van der Waals surface area contributed by atoms with Gasteiger partial charge in [0, 0.05) is 45.3 Å². The maximum atomic E-state index is 12.9. The maximum Gasteiger partial charge on any atom is 0.243 e. The Balaban J connectivity index is 1.68. The van der Waals surface area contributed by atoms with E-state index in [4.69, 9.17) is 4.74 Å². The number of ether oxygens (including phenoxy) is 1. The molecule has 0 atom stereocenters. The first-order chi connectivity index (χ1) is 12.4. The van der Waals surface area contributed by atoms with Gasteiger partial charge in [0.1, 0.15) is 0 Å². The molecule has 0 bridgehead atoms. The molecule has 0 radical (unpaired) electrons. The van der Waals surface area contributed by atoms with E-state index in [1.165, 1.54) is 0 Å². The first-order valence-corrected chi connectivity index (χ1v) is 10.8. The number of benzene rings is 1. The van der Waals surface area contributed by atoms with Crippen LogP contribution in [-0.4, -0.2) is 61.9 Å². The summed E-state index contributed by atoms with van der Waals surface area (Å²) in [6, 6.07) is 7.36. The minimum absolute atomic E-state index is 0.0805. The third-order valence-electron chi connectivity index (χ3n) is 5.39. The van der Waals surface area contributed by atoms with Crippen molar-refractivity contribution in [3.05, 3.63) is 29.8 Å². The molecule has 0 spiro atoms. The van der Waals surface area contributed by atoms with Gasteiger partial charge in [-0.25, -0.2) is 8.42 Å². The van der Waals surface area contributed by atoms with Crippen LogP contribution in [0.25, 0.3) is 0 Å². The smallest absolute Gasteiger partial charge is 0.243 e. The summed E-state index contributed by atoms with van der Waals surface area (Å²) >= 11 is 0. The molecule has 0 unspecified atom stereocenters. The molecular formula is C19H28N2O4S. The van der Waals surface area contributed by atoms with Gasteiger partial charge in [-0.05, 0) is 50.3 Å². The molecule has 0 N–H and O–H groups in total. The van der Waals surface area contributed by atoms with Crippen molar-refractivity contribution in [1.29, 1.82) is 0 Å². The van der Waals surface area contributed by atoms with Gasteiger partial charge in [-0.1, -0.05) is 12.1 Å². The lowest BCUT2D eigenvalue weighted by Gasteiger charge is -2.43. The van der Waals surface area contributed by atoms with Crippen molar-refractivity contribution in [1.82, 2.24) is 9.21 Å². The lowest BCUT2D eigenvalue weighted by atomic mass is 9.99. The number of hydrogen-bond acceptors (Lipinski definition) is 4. The van der Waals surface area contributed by atoms with Crippen molar-refractivity contribution in [3.8, 4) is 0 Å². The number of sulfonamides is 1. The van der Waals surface area contributed by atoms with Crippen molar-refractivity contribution in [2.24, 2.45) is 0 Å². The lowest BCUT2D eigenvalue weighted by molar-refractivity contribution is -0.137. The number of nitrogens with zero attached hydrogens (tertiary/aromatic N) is 2. The Bertz CT molecular complexity index is 736. The van der Waals surface area contributed by atoms with Gasteiger partial charge in [0.15, 0.2) is 0 Å². The van der Waals surface area contributed by atoms with Crippen LogP contribution in [0.2, 0.25) is 0 Å². The molecule has 2 heterocycles. The second-order valence-electron chi connectivity index (χ2n) is 7.22. The summed E-state index contributed by atoms with van der Waals surface area (Å²) < 4.78 is 32.7. The monoisotopic (exact) mass is 380 g/mol. The molecule has 2 fully saturated rings. The highest BCUT2D eigenvalue weighted by Crippen LogP contribution is 2.27. The van der Waals surface area contributed by atoms with E-state index >= 15 is 0 Å². The maximum absolute atomic E-state index is 12.9. The molecule has 6 nitrogen and oxygen atoms in total. The number of rotatable bonds is 4. The van der Waals surface area contributed by atoms with Crippen LogP contribution < -0.4 is 0 Å². The van der Waals surface area contributed by atoms with Gasteiger partial charge in [0.25, 0.3) is 0 Å². The van der Waals surface area contributed by atoms with Gasteiger partial charge in [0.05, 0.1) is 4.90 Å². The van der Waals surface area contributed by atoms with E-state index in [2.05, 4.69) is 0 Å². The van der Waals surface area contributed by atoms with Crippen LogP contribution >= 0.6 is 0 Å². The molecule has 144 valence electrons. The fraction of sp³-hybridized carbons (Fsp3) is 0.632. The number of piperidine rings is 1. The molecule has 26 heavy (non-hydrogen) atoms. The summed E-state index contributed by atoms with van der Waals surface area (Å²) in [5.41, 5.74) is 0.934. The molecule has 0 saturated carbocycles. The van der Waals surface area contributed by atoms with Gasteiger partial charge in [-0.15, -0.1) is 0 Å². The van der Waals surface area contributed by atoms with Crippen molar-refractivity contribution >= 4 is 15.9 Å². The second-order valence-corrected chi connectivity index (χ2v) is 9.16. The van der Waals surface area contributed by atoms with E-state index in [9.17, 15) is 13.2 Å². The van der Waals surface area contributed by atoms with Gasteiger partial charge in [-0.3, -0.25) is 4.79 Å². The Morgan fingerprint density at radius 3 is 2.31 bits per heavy atom. The van der Waals surface area contributed by atoms with Crippen LogP contribution in [-0.2, 0) is 19.6 Å². The van der Waals surface area contributed by atoms with E-state index in [-0.39, 0.29) is 18.0 Å². The number of carbonyl (C=O) groups is 1. The largest absolute Gasteiger partial charge is 0.381 e. The minimum Gasteiger partial charge on any atom is -0.381 e. The molecule has 7 heteroatoms. The van der Waals surface area contributed by atoms with Gasteiger partial charge < -0.3 is 9.64 Å². The van der Waals surface area contributed by atoms with E-state index in [0.717, 1.165) is 18.4 Å². The summed E-state index contributed by atoms with van der Waals surface area (Å²) in [5, 5.41) is 0. The highest BCUT2D eigenvalue weighted by molar-refractivity contribution is 7.89. The fourth-order valence-electron chi connectivity index (χ4n) is 4.06. The zero-order valence-corrected chi connectivity index (χ0v) is 16.4. The SMILES string of the molecule is CC(=O)N(C1CCOCC1)C1CCN(S(=O)(=O)c2cccc(C)c2)CC1. The third-order valence-corrected chi connectivity index (χ3v) is 7.29. The Kier molecular flexibility index (Phi) is 5.99. The zero-order valence-electron chi connectivity index (χ0n) is 15.6. The van der Waals surface area contributed by atoms with Crippen molar-refractivity contribution < 1.29 is 17.9 Å². The van der Waals surface area contributed by atoms with Crippen molar-refractivity contribution in [2.75, 3.05) is 26.3 Å². The van der Waals surface area contributed by atoms with Gasteiger partial charge in [-0.2, -0.15) is 4.31 Å². The van der Waals surface area contributed by atoms with Crippen molar-refractivity contribution in [3.63, 3.8) is 0 Å². The fourth-order valence-corrected chi connectivity index (χ4v) is 5.64. The van der Waals surface area contributed by atoms with Crippen molar-refractivity contribution in [2.45, 2.75) is 56.5 Å². The summed E-state index contributed by atoms with van der Waals surface area (Å²) in [7, 11) is -3.47. The van der Waals surface area contributed by atoms with Crippen LogP contribution in [0.15, 0.2) is 29.2 Å². The van der Waals surface area contributed by atoms with E-state index < -0.39 is 10.0 Å². The van der Waals surface area contributed by atoms with Crippen LogP contribution in [0, 0.1) is 6.92 Å². The summed E-state index contributed by atoms with van der Waals surface area (Å²) in [6.07, 6.45) is 3.09. The average Bonchev–Trinajstić information content (AvgIpc) is 2.63. The van der Waals surface area contributed by atoms with Gasteiger partial charge in [0.2, 0.25) is 15.9 Å². The van der Waals surface area contributed by atoms with E-state index in [0.29, 0.717) is 44.0 Å². The summed E-state index contributed by atoms with van der Waals surface area (Å²) in [4.78, 5) is 14.6. The molecule has 3 rings (SSSR count). The number of aryl methyl sites for hydroxylation is 1. The summed E-state index contributed by atoms with van der Waals surface area (Å²) in [6.45, 7) is 5.79. The minimum atomic E-state index is -3.47. The third kappa shape index (κ3) is 4.10. The normalized spacial score (nSPS) is 20.8. The molecule has 2 aliphatic rings. The Labute approximate surface area is 156 Å². The number of amides is 1. The first-order valence-electron chi connectivity index (χ1n) is 9.33. The molecule has 1 aromatic rings. The van der Waals surface area contributed by atoms with Crippen LogP contribution in [0.4, 0.5) is 0 Å². The molecule has 2 saturated heterocycles. The predicted octanol–water partition coefficient (Wildman–Crippen LogP) is 2.18. The number of hydrogen-bond donors (Lipinski definition) is 0.